The Morgan fingerprint density at radius 1 is 1.24 bits per heavy atom. The molecule has 128 valence electrons. The molecule has 0 saturated carbocycles. The van der Waals surface area contributed by atoms with Crippen molar-refractivity contribution in [1.29, 1.82) is 0 Å². The molecule has 1 amide bonds. The molecule has 2 aromatic heterocycles. The lowest BCUT2D eigenvalue weighted by atomic mass is 10.1. The van der Waals surface area contributed by atoms with Crippen LogP contribution < -0.4 is 11.3 Å². The molecule has 7 nitrogen and oxygen atoms in total. The van der Waals surface area contributed by atoms with E-state index < -0.39 is 11.9 Å². The molecule has 0 unspecified atom stereocenters. The number of hydrogen-bond donors (Lipinski definition) is 2. The minimum atomic E-state index is -1.00. The summed E-state index contributed by atoms with van der Waals surface area (Å²) >= 11 is 1.12. The van der Waals surface area contributed by atoms with Crippen molar-refractivity contribution >= 4 is 33.4 Å². The highest BCUT2D eigenvalue weighted by Crippen LogP contribution is 2.27. The molecule has 0 aliphatic carbocycles. The number of hydrogen-bond acceptors (Lipinski definition) is 5. The number of carboxylic acid groups (broad SMARTS) is 1. The SMILES string of the molecule is Cc1c(C(N)=O)sc2nc(C)n(Cc3ccc(C(=O)O)cc3)c(=O)c12. The number of nitrogens with zero attached hydrogens (tertiary/aromatic N) is 2. The normalized spacial score (nSPS) is 11.0. The van der Waals surface area contributed by atoms with Gasteiger partial charge in [-0.15, -0.1) is 11.3 Å². The fraction of sp³-hybridized carbons (Fsp3) is 0.176. The number of rotatable bonds is 4. The lowest BCUT2D eigenvalue weighted by Gasteiger charge is -2.10. The van der Waals surface area contributed by atoms with Crippen LogP contribution in [0.4, 0.5) is 0 Å². The van der Waals surface area contributed by atoms with Crippen molar-refractivity contribution in [3.8, 4) is 0 Å². The number of aryl methyl sites for hydroxylation is 2. The number of thiophene rings is 1. The molecule has 2 heterocycles. The van der Waals surface area contributed by atoms with Crippen molar-refractivity contribution in [2.24, 2.45) is 5.73 Å². The van der Waals surface area contributed by atoms with Crippen LogP contribution in [0.3, 0.4) is 0 Å². The number of nitrogens with two attached hydrogens (primary N) is 1. The summed E-state index contributed by atoms with van der Waals surface area (Å²) in [6.45, 7) is 3.66. The molecule has 8 heteroatoms. The monoisotopic (exact) mass is 357 g/mol. The van der Waals surface area contributed by atoms with Gasteiger partial charge in [-0.1, -0.05) is 12.1 Å². The number of primary amides is 1. The maximum atomic E-state index is 12.9. The van der Waals surface area contributed by atoms with Gasteiger partial charge in [0.05, 0.1) is 22.4 Å². The van der Waals surface area contributed by atoms with Gasteiger partial charge in [-0.2, -0.15) is 0 Å². The van der Waals surface area contributed by atoms with Gasteiger partial charge in [0.25, 0.3) is 11.5 Å². The summed E-state index contributed by atoms with van der Waals surface area (Å²) in [7, 11) is 0. The Hall–Kier alpha value is -3.00. The summed E-state index contributed by atoms with van der Waals surface area (Å²) in [5.74, 6) is -1.07. The predicted octanol–water partition coefficient (Wildman–Crippen LogP) is 1.92. The summed E-state index contributed by atoms with van der Waals surface area (Å²) in [5, 5.41) is 9.34. The van der Waals surface area contributed by atoms with Crippen LogP contribution in [0.2, 0.25) is 0 Å². The fourth-order valence-electron chi connectivity index (χ4n) is 2.67. The maximum Gasteiger partial charge on any atom is 0.335 e. The summed E-state index contributed by atoms with van der Waals surface area (Å²) < 4.78 is 1.50. The maximum absolute atomic E-state index is 12.9. The first kappa shape index (κ1) is 16.8. The van der Waals surface area contributed by atoms with Crippen molar-refractivity contribution in [1.82, 2.24) is 9.55 Å². The molecular formula is C17H15N3O4S. The molecule has 0 fully saturated rings. The van der Waals surface area contributed by atoms with Crippen molar-refractivity contribution in [3.05, 3.63) is 62.0 Å². The highest BCUT2D eigenvalue weighted by molar-refractivity contribution is 7.20. The van der Waals surface area contributed by atoms with E-state index in [4.69, 9.17) is 10.8 Å². The number of carbonyl (C=O) groups is 2. The zero-order chi connectivity index (χ0) is 18.3. The van der Waals surface area contributed by atoms with Gasteiger partial charge in [0.15, 0.2) is 0 Å². The van der Waals surface area contributed by atoms with Crippen LogP contribution in [0.25, 0.3) is 10.2 Å². The Labute approximate surface area is 146 Å². The molecule has 3 N–H and O–H groups in total. The van der Waals surface area contributed by atoms with Gasteiger partial charge in [-0.3, -0.25) is 14.2 Å². The Bertz CT molecular complexity index is 1060. The van der Waals surface area contributed by atoms with Crippen molar-refractivity contribution < 1.29 is 14.7 Å². The van der Waals surface area contributed by atoms with Crippen molar-refractivity contribution in [2.45, 2.75) is 20.4 Å². The van der Waals surface area contributed by atoms with E-state index in [-0.39, 0.29) is 17.7 Å². The van der Waals surface area contributed by atoms with Crippen LogP contribution in [0.15, 0.2) is 29.1 Å². The lowest BCUT2D eigenvalue weighted by Crippen LogP contribution is -2.24. The second-order valence-corrected chi connectivity index (χ2v) is 6.65. The molecule has 0 aliphatic heterocycles. The smallest absolute Gasteiger partial charge is 0.335 e. The minimum absolute atomic E-state index is 0.182. The molecule has 0 bridgehead atoms. The van der Waals surface area contributed by atoms with Gasteiger partial charge in [0, 0.05) is 0 Å². The van der Waals surface area contributed by atoms with Crippen LogP contribution in [0.5, 0.6) is 0 Å². The Morgan fingerprint density at radius 2 is 1.88 bits per heavy atom. The number of carbonyl (C=O) groups excluding carboxylic acids is 1. The van der Waals surface area contributed by atoms with E-state index in [2.05, 4.69) is 4.98 Å². The summed E-state index contributed by atoms with van der Waals surface area (Å²) in [6, 6.07) is 6.31. The number of carboxylic acids is 1. The minimum Gasteiger partial charge on any atom is -0.478 e. The van der Waals surface area contributed by atoms with Crippen LogP contribution in [0.1, 0.15) is 37.0 Å². The number of fused-ring (bicyclic) bond motifs is 1. The topological polar surface area (TPSA) is 115 Å². The molecule has 1 aromatic carbocycles. The molecular weight excluding hydrogens is 342 g/mol. The second kappa shape index (κ2) is 6.14. The average Bonchev–Trinajstić information content (AvgIpc) is 2.88. The molecule has 0 saturated heterocycles. The molecule has 0 aliphatic rings. The van der Waals surface area contributed by atoms with Gasteiger partial charge in [-0.05, 0) is 37.1 Å². The first-order valence-corrected chi connectivity index (χ1v) is 8.23. The average molecular weight is 357 g/mol. The largest absolute Gasteiger partial charge is 0.478 e. The van der Waals surface area contributed by atoms with E-state index in [1.165, 1.54) is 16.7 Å². The number of benzene rings is 1. The Morgan fingerprint density at radius 3 is 2.44 bits per heavy atom. The first-order valence-electron chi connectivity index (χ1n) is 7.42. The van der Waals surface area contributed by atoms with E-state index in [0.29, 0.717) is 26.5 Å². The number of aromatic nitrogens is 2. The molecule has 3 rings (SSSR count). The Kier molecular flexibility index (Phi) is 4.13. The Balaban J connectivity index is 2.10. The number of amides is 1. The van der Waals surface area contributed by atoms with Gasteiger partial charge < -0.3 is 10.8 Å². The van der Waals surface area contributed by atoms with Crippen LogP contribution in [0, 0.1) is 13.8 Å². The lowest BCUT2D eigenvalue weighted by molar-refractivity contribution is 0.0696. The van der Waals surface area contributed by atoms with Crippen LogP contribution in [-0.4, -0.2) is 26.5 Å². The highest BCUT2D eigenvalue weighted by atomic mass is 32.1. The van der Waals surface area contributed by atoms with Gasteiger partial charge in [-0.25, -0.2) is 9.78 Å². The van der Waals surface area contributed by atoms with Crippen molar-refractivity contribution in [3.63, 3.8) is 0 Å². The van der Waals surface area contributed by atoms with Gasteiger partial charge in [0.1, 0.15) is 10.7 Å². The van der Waals surface area contributed by atoms with Gasteiger partial charge >= 0.3 is 5.97 Å². The molecule has 3 aromatic rings. The van der Waals surface area contributed by atoms with E-state index in [1.807, 2.05) is 0 Å². The molecule has 0 radical (unpaired) electrons. The molecule has 0 atom stereocenters. The zero-order valence-corrected chi connectivity index (χ0v) is 14.4. The van der Waals surface area contributed by atoms with E-state index >= 15 is 0 Å². The highest BCUT2D eigenvalue weighted by Gasteiger charge is 2.19. The first-order chi connectivity index (χ1) is 11.8. The molecule has 0 spiro atoms. The zero-order valence-electron chi connectivity index (χ0n) is 13.6. The standard InChI is InChI=1S/C17H15N3O4S/c1-8-12-15(25-13(8)14(18)21)19-9(2)20(16(12)22)7-10-3-5-11(6-4-10)17(23)24/h3-6H,7H2,1-2H3,(H2,18,21)(H,23,24). The molecule has 25 heavy (non-hydrogen) atoms. The van der Waals surface area contributed by atoms with E-state index in [9.17, 15) is 14.4 Å². The third-order valence-corrected chi connectivity index (χ3v) is 5.21. The quantitative estimate of drug-likeness (QED) is 0.740. The van der Waals surface area contributed by atoms with Crippen LogP contribution in [-0.2, 0) is 6.54 Å². The second-order valence-electron chi connectivity index (χ2n) is 5.65. The fourth-order valence-corrected chi connectivity index (χ4v) is 3.74. The summed E-state index contributed by atoms with van der Waals surface area (Å²) in [6.07, 6.45) is 0. The van der Waals surface area contributed by atoms with Crippen LogP contribution >= 0.6 is 11.3 Å². The third-order valence-electron chi connectivity index (χ3n) is 4.01. The van der Waals surface area contributed by atoms with Gasteiger partial charge in [0.2, 0.25) is 0 Å². The summed E-state index contributed by atoms with van der Waals surface area (Å²) in [5.41, 5.74) is 6.61. The van der Waals surface area contributed by atoms with Crippen molar-refractivity contribution in [2.75, 3.05) is 0 Å². The number of aromatic carboxylic acids is 1. The van der Waals surface area contributed by atoms with E-state index in [0.717, 1.165) is 16.9 Å². The predicted molar refractivity (Wildman–Crippen MR) is 94.4 cm³/mol. The summed E-state index contributed by atoms with van der Waals surface area (Å²) in [4.78, 5) is 40.5. The van der Waals surface area contributed by atoms with E-state index in [1.54, 1.807) is 26.0 Å². The third kappa shape index (κ3) is 2.91.